The second kappa shape index (κ2) is 7.17. The fourth-order valence-corrected chi connectivity index (χ4v) is 5.41. The number of aromatic hydroxyl groups is 1. The van der Waals surface area contributed by atoms with Crippen molar-refractivity contribution in [3.8, 4) is 5.75 Å². The molecule has 0 radical (unpaired) electrons. The summed E-state index contributed by atoms with van der Waals surface area (Å²) in [5.41, 5.74) is 2.01. The maximum Gasteiger partial charge on any atom is 0.340 e. The summed E-state index contributed by atoms with van der Waals surface area (Å²) in [4.78, 5) is 41.8. The number of fused-ring (bicyclic) bond motifs is 5. The van der Waals surface area contributed by atoms with Crippen LogP contribution in [0.5, 0.6) is 5.75 Å². The van der Waals surface area contributed by atoms with E-state index in [1.807, 2.05) is 36.4 Å². The number of para-hydroxylation sites is 1. The van der Waals surface area contributed by atoms with Gasteiger partial charge in [0.25, 0.3) is 0 Å². The lowest BCUT2D eigenvalue weighted by atomic mass is 9.67. The van der Waals surface area contributed by atoms with Gasteiger partial charge in [-0.2, -0.15) is 0 Å². The van der Waals surface area contributed by atoms with E-state index >= 15 is 0 Å². The average molecular weight is 437 g/mol. The van der Waals surface area contributed by atoms with Crippen LogP contribution in [0.25, 0.3) is 11.0 Å². The summed E-state index contributed by atoms with van der Waals surface area (Å²) >= 11 is 0. The quantitative estimate of drug-likeness (QED) is 0.377. The van der Waals surface area contributed by atoms with Gasteiger partial charge in [0, 0.05) is 17.4 Å². The highest BCUT2D eigenvalue weighted by molar-refractivity contribution is 6.24. The number of phenolic OH excluding ortho intramolecular Hbond substituents is 1. The number of nitrogens with zero attached hydrogens (tertiary/aromatic N) is 1. The Kier molecular flexibility index (Phi) is 4.23. The highest BCUT2D eigenvalue weighted by Crippen LogP contribution is 2.51. The van der Waals surface area contributed by atoms with Crippen LogP contribution in [-0.4, -0.2) is 16.9 Å². The first-order valence-electron chi connectivity index (χ1n) is 10.8. The normalized spacial score (nSPS) is 21.8. The fourth-order valence-electron chi connectivity index (χ4n) is 5.41. The Morgan fingerprint density at radius 1 is 0.848 bits per heavy atom. The van der Waals surface area contributed by atoms with Gasteiger partial charge in [0.15, 0.2) is 0 Å². The molecule has 1 saturated heterocycles. The van der Waals surface area contributed by atoms with Crippen LogP contribution in [0.3, 0.4) is 0 Å². The topological polar surface area (TPSA) is 87.8 Å². The standard InChI is InChI=1S/C27H19NO5/c29-17-11-12-18-20-14-19(15-7-3-1-4-8-15)22-24(23(20)27(32)33-21(18)13-17)26(31)28(25(22)30)16-9-5-2-6-10-16/h1-13,19,22,24,29H,14H2. The second-order valence-electron chi connectivity index (χ2n) is 8.53. The molecule has 3 aromatic carbocycles. The third-order valence-electron chi connectivity index (χ3n) is 6.80. The zero-order chi connectivity index (χ0) is 22.7. The van der Waals surface area contributed by atoms with Gasteiger partial charge in [-0.1, -0.05) is 48.5 Å². The van der Waals surface area contributed by atoms with E-state index in [2.05, 4.69) is 0 Å². The van der Waals surface area contributed by atoms with E-state index in [1.165, 1.54) is 17.0 Å². The van der Waals surface area contributed by atoms with Gasteiger partial charge in [0.05, 0.1) is 23.1 Å². The van der Waals surface area contributed by atoms with Crippen LogP contribution in [0.1, 0.15) is 28.5 Å². The second-order valence-corrected chi connectivity index (χ2v) is 8.53. The molecule has 0 bridgehead atoms. The number of imide groups is 1. The lowest BCUT2D eigenvalue weighted by Crippen LogP contribution is -2.34. The minimum Gasteiger partial charge on any atom is -0.508 e. The minimum absolute atomic E-state index is 0.0127. The lowest BCUT2D eigenvalue weighted by molar-refractivity contribution is -0.122. The van der Waals surface area contributed by atoms with Crippen molar-refractivity contribution in [2.45, 2.75) is 18.3 Å². The molecule has 3 unspecified atom stereocenters. The van der Waals surface area contributed by atoms with Crippen molar-refractivity contribution >= 4 is 28.5 Å². The van der Waals surface area contributed by atoms with E-state index in [0.717, 1.165) is 5.56 Å². The molecule has 4 aromatic rings. The van der Waals surface area contributed by atoms with E-state index in [4.69, 9.17) is 4.42 Å². The molecule has 1 aliphatic carbocycles. The number of benzene rings is 3. The number of hydrogen-bond acceptors (Lipinski definition) is 5. The van der Waals surface area contributed by atoms with Gasteiger partial charge < -0.3 is 9.52 Å². The third-order valence-corrected chi connectivity index (χ3v) is 6.80. The zero-order valence-corrected chi connectivity index (χ0v) is 17.5. The molecule has 0 spiro atoms. The summed E-state index contributed by atoms with van der Waals surface area (Å²) in [6.07, 6.45) is 0.412. The largest absolute Gasteiger partial charge is 0.508 e. The molecule has 6 heteroatoms. The van der Waals surface area contributed by atoms with Crippen molar-refractivity contribution in [1.29, 1.82) is 0 Å². The molecule has 6 nitrogen and oxygen atoms in total. The Morgan fingerprint density at radius 2 is 1.55 bits per heavy atom. The molecule has 2 heterocycles. The number of carbonyl (C=O) groups excluding carboxylic acids is 2. The Morgan fingerprint density at radius 3 is 2.27 bits per heavy atom. The molecule has 2 aliphatic rings. The fraction of sp³-hybridized carbons (Fsp3) is 0.148. The summed E-state index contributed by atoms with van der Waals surface area (Å²) in [5, 5.41) is 10.5. The van der Waals surface area contributed by atoms with Crippen LogP contribution < -0.4 is 10.5 Å². The molecular weight excluding hydrogens is 418 g/mol. The van der Waals surface area contributed by atoms with Gasteiger partial charge in [-0.05, 0) is 41.8 Å². The van der Waals surface area contributed by atoms with Crippen LogP contribution in [0.2, 0.25) is 0 Å². The summed E-state index contributed by atoms with van der Waals surface area (Å²) in [6.45, 7) is 0. The van der Waals surface area contributed by atoms with Crippen LogP contribution in [-0.2, 0) is 16.0 Å². The van der Waals surface area contributed by atoms with E-state index in [1.54, 1.807) is 30.3 Å². The average Bonchev–Trinajstić information content (AvgIpc) is 3.09. The van der Waals surface area contributed by atoms with E-state index in [-0.39, 0.29) is 28.7 Å². The predicted octanol–water partition coefficient (Wildman–Crippen LogP) is 4.11. The van der Waals surface area contributed by atoms with Crippen molar-refractivity contribution in [3.05, 3.63) is 106 Å². The third kappa shape index (κ3) is 2.84. The van der Waals surface area contributed by atoms with Crippen molar-refractivity contribution in [1.82, 2.24) is 0 Å². The minimum atomic E-state index is -0.930. The van der Waals surface area contributed by atoms with Crippen molar-refractivity contribution in [2.75, 3.05) is 4.90 Å². The van der Waals surface area contributed by atoms with Crippen LogP contribution in [0.15, 0.2) is 88.1 Å². The van der Waals surface area contributed by atoms with Crippen LogP contribution in [0.4, 0.5) is 5.69 Å². The summed E-state index contributed by atoms with van der Waals surface area (Å²) in [6, 6.07) is 23.1. The van der Waals surface area contributed by atoms with E-state index in [9.17, 15) is 19.5 Å². The number of rotatable bonds is 2. The Balaban J connectivity index is 1.62. The SMILES string of the molecule is O=C1C2c3c(c4ccc(O)cc4oc3=O)CC(c3ccccc3)C2C(=O)N1c1ccccc1. The number of anilines is 1. The van der Waals surface area contributed by atoms with Gasteiger partial charge in [0.1, 0.15) is 11.3 Å². The Bertz CT molecular complexity index is 1480. The maximum atomic E-state index is 13.7. The molecular formula is C27H19NO5. The monoisotopic (exact) mass is 437 g/mol. The highest BCUT2D eigenvalue weighted by Gasteiger charge is 2.56. The maximum absolute atomic E-state index is 13.7. The first kappa shape index (κ1) is 19.5. The van der Waals surface area contributed by atoms with E-state index in [0.29, 0.717) is 23.1 Å². The highest BCUT2D eigenvalue weighted by atomic mass is 16.4. The molecule has 162 valence electrons. The first-order chi connectivity index (χ1) is 16.0. The molecule has 6 rings (SSSR count). The molecule has 1 fully saturated rings. The van der Waals surface area contributed by atoms with Gasteiger partial charge >= 0.3 is 5.63 Å². The first-order valence-corrected chi connectivity index (χ1v) is 10.8. The van der Waals surface area contributed by atoms with Gasteiger partial charge in [-0.3, -0.25) is 9.59 Å². The summed E-state index contributed by atoms with van der Waals surface area (Å²) < 4.78 is 5.52. The zero-order valence-electron chi connectivity index (χ0n) is 17.5. The Labute approximate surface area is 188 Å². The smallest absolute Gasteiger partial charge is 0.340 e. The van der Waals surface area contributed by atoms with Crippen molar-refractivity contribution in [2.24, 2.45) is 5.92 Å². The molecule has 3 atom stereocenters. The number of amides is 2. The van der Waals surface area contributed by atoms with Gasteiger partial charge in [0.2, 0.25) is 11.8 Å². The molecule has 1 aliphatic heterocycles. The van der Waals surface area contributed by atoms with Crippen molar-refractivity contribution in [3.63, 3.8) is 0 Å². The molecule has 0 saturated carbocycles. The van der Waals surface area contributed by atoms with Crippen molar-refractivity contribution < 1.29 is 19.1 Å². The Hall–Kier alpha value is -4.19. The molecule has 1 N–H and O–H groups in total. The number of hydrogen-bond donors (Lipinski definition) is 1. The van der Waals surface area contributed by atoms with Crippen LogP contribution in [0, 0.1) is 5.92 Å². The van der Waals surface area contributed by atoms with E-state index < -0.39 is 23.4 Å². The molecule has 1 aromatic heterocycles. The number of phenols is 1. The number of carbonyl (C=O) groups is 2. The lowest BCUT2D eigenvalue weighted by Gasteiger charge is -2.32. The summed E-state index contributed by atoms with van der Waals surface area (Å²) in [7, 11) is 0. The molecule has 2 amide bonds. The van der Waals surface area contributed by atoms with Crippen LogP contribution >= 0.6 is 0 Å². The molecule has 33 heavy (non-hydrogen) atoms. The predicted molar refractivity (Wildman–Crippen MR) is 122 cm³/mol. The van der Waals surface area contributed by atoms with Gasteiger partial charge in [-0.15, -0.1) is 0 Å². The van der Waals surface area contributed by atoms with Gasteiger partial charge in [-0.25, -0.2) is 9.69 Å². The summed E-state index contributed by atoms with van der Waals surface area (Å²) in [5.74, 6) is -2.65.